The van der Waals surface area contributed by atoms with Crippen LogP contribution in [0.3, 0.4) is 0 Å². The van der Waals surface area contributed by atoms with Gasteiger partial charge in [-0.25, -0.2) is 5.21 Å². The molecule has 0 saturated carbocycles. The zero-order chi connectivity index (χ0) is 19.3. The Morgan fingerprint density at radius 1 is 0.407 bits per heavy atom. The molecule has 0 fully saturated rings. The number of rotatable bonds is 21. The third-order valence-corrected chi connectivity index (χ3v) is 5.78. The molecule has 0 aliphatic heterocycles. The van der Waals surface area contributed by atoms with Gasteiger partial charge in [-0.15, -0.1) is 0 Å². The Bertz CT molecular complexity index is 253. The first-order valence-electron chi connectivity index (χ1n) is 12.3. The second kappa shape index (κ2) is 22.5. The first-order valence-corrected chi connectivity index (χ1v) is 12.3. The van der Waals surface area contributed by atoms with Crippen molar-refractivity contribution in [2.45, 2.75) is 136 Å². The van der Waals surface area contributed by atoms with Gasteiger partial charge in [0.1, 0.15) is 19.6 Å². The summed E-state index contributed by atoms with van der Waals surface area (Å²) < 4.78 is 0.347. The van der Waals surface area contributed by atoms with Crippen molar-refractivity contribution in [3.63, 3.8) is 0 Å². The molecular weight excluding hydrogens is 354 g/mol. The molecule has 0 radical (unpaired) electrons. The molecule has 166 valence electrons. The minimum atomic E-state index is 0. The van der Waals surface area contributed by atoms with E-state index in [1.807, 2.05) is 0 Å². The minimum absolute atomic E-state index is 0. The summed E-state index contributed by atoms with van der Waals surface area (Å²) in [5.74, 6) is 0. The smallest absolute Gasteiger partial charge is 0.109 e. The van der Waals surface area contributed by atoms with Crippen LogP contribution in [0.2, 0.25) is 0 Å². The molecule has 0 amide bonds. The molecule has 0 bridgehead atoms. The van der Waals surface area contributed by atoms with Gasteiger partial charge < -0.3 is 12.4 Å². The molecule has 0 rings (SSSR count). The van der Waals surface area contributed by atoms with Crippen LogP contribution >= 0.6 is 0 Å². The van der Waals surface area contributed by atoms with Crippen molar-refractivity contribution in [1.29, 1.82) is 0 Å². The second-order valence-corrected chi connectivity index (χ2v) is 8.57. The van der Waals surface area contributed by atoms with Gasteiger partial charge in [0.25, 0.3) is 0 Å². The fraction of sp³-hybridized carbons (Fsp3) is 1.00. The van der Waals surface area contributed by atoms with Gasteiger partial charge in [-0.05, 0) is 32.1 Å². The average molecular weight is 406 g/mol. The predicted molar refractivity (Wildman–Crippen MR) is 117 cm³/mol. The molecule has 0 aromatic carbocycles. The fourth-order valence-electron chi connectivity index (χ4n) is 3.87. The number of hydrogen-bond donors (Lipinski definition) is 1. The average Bonchev–Trinajstić information content (AvgIpc) is 2.64. The fourth-order valence-corrected chi connectivity index (χ4v) is 3.87. The molecule has 1 N–H and O–H groups in total. The Kier molecular flexibility index (Phi) is 24.5. The van der Waals surface area contributed by atoms with E-state index in [-0.39, 0.29) is 12.4 Å². The van der Waals surface area contributed by atoms with E-state index in [0.717, 1.165) is 26.1 Å². The zero-order valence-electron chi connectivity index (χ0n) is 19.1. The monoisotopic (exact) mass is 405 g/mol. The first kappa shape index (κ1) is 29.4. The molecule has 0 aliphatic carbocycles. The number of nitrogens with zero attached hydrogens (tertiary/aromatic N) is 1. The van der Waals surface area contributed by atoms with Crippen molar-refractivity contribution >= 4 is 0 Å². The van der Waals surface area contributed by atoms with E-state index in [2.05, 4.69) is 20.8 Å². The quantitative estimate of drug-likeness (QED) is 0.156. The molecule has 3 heteroatoms. The number of unbranched alkanes of at least 4 members (excludes halogenated alkanes) is 15. The molecule has 0 spiro atoms. The van der Waals surface area contributed by atoms with Gasteiger partial charge in [0.15, 0.2) is 0 Å². The van der Waals surface area contributed by atoms with Crippen LogP contribution in [0.25, 0.3) is 0 Å². The SMILES string of the molecule is CCCCCCCCCC[N+](O)(CCCC)CCCCCCCCCC.[Cl-]. The van der Waals surface area contributed by atoms with Crippen LogP contribution in [-0.2, 0) is 0 Å². The molecule has 0 unspecified atom stereocenters. The van der Waals surface area contributed by atoms with Crippen molar-refractivity contribution in [1.82, 2.24) is 0 Å². The molecule has 0 atom stereocenters. The van der Waals surface area contributed by atoms with E-state index in [1.54, 1.807) is 0 Å². The molecule has 0 heterocycles. The van der Waals surface area contributed by atoms with Crippen LogP contribution in [0.4, 0.5) is 0 Å². The Balaban J connectivity index is 0. The lowest BCUT2D eigenvalue weighted by Crippen LogP contribution is -3.00. The van der Waals surface area contributed by atoms with Gasteiger partial charge in [-0.3, -0.25) is 0 Å². The highest BCUT2D eigenvalue weighted by Gasteiger charge is 2.23. The molecule has 0 aromatic rings. The number of hydroxylamine groups is 3. The van der Waals surface area contributed by atoms with Crippen LogP contribution in [0.5, 0.6) is 0 Å². The summed E-state index contributed by atoms with van der Waals surface area (Å²) in [5.41, 5.74) is 0. The van der Waals surface area contributed by atoms with Crippen molar-refractivity contribution in [2.75, 3.05) is 19.6 Å². The summed E-state index contributed by atoms with van der Waals surface area (Å²) in [7, 11) is 0. The lowest BCUT2D eigenvalue weighted by atomic mass is 10.1. The number of hydrogen-bond acceptors (Lipinski definition) is 1. The molecular formula is C24H52ClNO. The number of halogens is 1. The van der Waals surface area contributed by atoms with E-state index < -0.39 is 0 Å². The van der Waals surface area contributed by atoms with Crippen molar-refractivity contribution < 1.29 is 22.3 Å². The van der Waals surface area contributed by atoms with E-state index in [1.165, 1.54) is 109 Å². The lowest BCUT2D eigenvalue weighted by molar-refractivity contribution is -1.10. The largest absolute Gasteiger partial charge is 1.00 e. The van der Waals surface area contributed by atoms with Gasteiger partial charge in [-0.1, -0.05) is 104 Å². The highest BCUT2D eigenvalue weighted by Crippen LogP contribution is 2.15. The molecule has 2 nitrogen and oxygen atoms in total. The summed E-state index contributed by atoms with van der Waals surface area (Å²) in [6.07, 6.45) is 23.9. The Morgan fingerprint density at radius 2 is 0.667 bits per heavy atom. The molecule has 0 aliphatic rings. The van der Waals surface area contributed by atoms with E-state index in [9.17, 15) is 5.21 Å². The molecule has 27 heavy (non-hydrogen) atoms. The number of quaternary nitrogens is 1. The predicted octanol–water partition coefficient (Wildman–Crippen LogP) is 5.28. The van der Waals surface area contributed by atoms with Crippen LogP contribution in [0.1, 0.15) is 136 Å². The summed E-state index contributed by atoms with van der Waals surface area (Å²) in [6.45, 7) is 9.71. The summed E-state index contributed by atoms with van der Waals surface area (Å²) >= 11 is 0. The third kappa shape index (κ3) is 20.7. The summed E-state index contributed by atoms with van der Waals surface area (Å²) in [4.78, 5) is 0. The highest BCUT2D eigenvalue weighted by molar-refractivity contribution is 4.49. The summed E-state index contributed by atoms with van der Waals surface area (Å²) in [6, 6.07) is 0. The van der Waals surface area contributed by atoms with Gasteiger partial charge >= 0.3 is 0 Å². The molecule has 0 aromatic heterocycles. The Labute approximate surface area is 178 Å². The summed E-state index contributed by atoms with van der Waals surface area (Å²) in [5, 5.41) is 11.0. The highest BCUT2D eigenvalue weighted by atomic mass is 35.5. The van der Waals surface area contributed by atoms with E-state index in [4.69, 9.17) is 0 Å². The van der Waals surface area contributed by atoms with Crippen LogP contribution in [-0.4, -0.2) is 29.5 Å². The van der Waals surface area contributed by atoms with Crippen LogP contribution < -0.4 is 12.4 Å². The van der Waals surface area contributed by atoms with E-state index >= 15 is 0 Å². The first-order chi connectivity index (χ1) is 12.7. The maximum absolute atomic E-state index is 11.0. The minimum Gasteiger partial charge on any atom is -1.00 e. The second-order valence-electron chi connectivity index (χ2n) is 8.57. The van der Waals surface area contributed by atoms with Gasteiger partial charge in [0.2, 0.25) is 0 Å². The van der Waals surface area contributed by atoms with Crippen molar-refractivity contribution in [3.05, 3.63) is 0 Å². The Hall–Kier alpha value is 0.210. The standard InChI is InChI=1S/C24H52NO.ClH/c1-4-7-10-12-14-16-18-20-23-25(26,22-9-6-3)24-21-19-17-15-13-11-8-5-2;/h26H,4-24H2,1-3H3;1H/q+1;/p-1. The van der Waals surface area contributed by atoms with E-state index in [0.29, 0.717) is 4.65 Å². The lowest BCUT2D eigenvalue weighted by Gasteiger charge is -2.30. The van der Waals surface area contributed by atoms with Gasteiger partial charge in [-0.2, -0.15) is 4.65 Å². The van der Waals surface area contributed by atoms with Gasteiger partial charge in [0.05, 0.1) is 0 Å². The van der Waals surface area contributed by atoms with Gasteiger partial charge in [0, 0.05) is 0 Å². The maximum Gasteiger partial charge on any atom is 0.109 e. The Morgan fingerprint density at radius 3 is 1.00 bits per heavy atom. The third-order valence-electron chi connectivity index (χ3n) is 5.78. The normalized spacial score (nSPS) is 11.6. The molecule has 0 saturated heterocycles. The van der Waals surface area contributed by atoms with Crippen LogP contribution in [0.15, 0.2) is 0 Å². The zero-order valence-corrected chi connectivity index (χ0v) is 19.9. The topological polar surface area (TPSA) is 20.2 Å². The van der Waals surface area contributed by atoms with Crippen molar-refractivity contribution in [2.24, 2.45) is 0 Å². The van der Waals surface area contributed by atoms with Crippen LogP contribution in [0, 0.1) is 0 Å². The maximum atomic E-state index is 11.0. The van der Waals surface area contributed by atoms with Crippen molar-refractivity contribution in [3.8, 4) is 0 Å².